The Morgan fingerprint density at radius 1 is 1.40 bits per heavy atom. The fourth-order valence-electron chi connectivity index (χ4n) is 1.14. The zero-order valence-electron chi connectivity index (χ0n) is 8.77. The summed E-state index contributed by atoms with van der Waals surface area (Å²) in [6.45, 7) is 1.95. The summed E-state index contributed by atoms with van der Waals surface area (Å²) in [4.78, 5) is 11.2. The second-order valence-electron chi connectivity index (χ2n) is 2.93. The summed E-state index contributed by atoms with van der Waals surface area (Å²) in [5.41, 5.74) is 0.495. The fraction of sp³-hybridized carbons (Fsp3) is 0.364. The van der Waals surface area contributed by atoms with E-state index < -0.39 is 12.1 Å². The van der Waals surface area contributed by atoms with Crippen molar-refractivity contribution in [3.8, 4) is 5.75 Å². The molecule has 1 aromatic carbocycles. The Kier molecular flexibility index (Phi) is 4.12. The van der Waals surface area contributed by atoms with Gasteiger partial charge in [-0.3, -0.25) is 0 Å². The van der Waals surface area contributed by atoms with Gasteiger partial charge in [0.1, 0.15) is 5.75 Å². The van der Waals surface area contributed by atoms with E-state index >= 15 is 0 Å². The molecule has 1 aromatic rings. The molecule has 0 heterocycles. The lowest BCUT2D eigenvalue weighted by molar-refractivity contribution is -0.153. The number of ether oxygens (including phenoxy) is 2. The Morgan fingerprint density at radius 3 is 2.47 bits per heavy atom. The zero-order valence-corrected chi connectivity index (χ0v) is 8.77. The van der Waals surface area contributed by atoms with Crippen LogP contribution < -0.4 is 4.74 Å². The number of hydrogen-bond donors (Lipinski definition) is 1. The summed E-state index contributed by atoms with van der Waals surface area (Å²) < 4.78 is 9.65. The molecule has 1 rings (SSSR count). The molecule has 0 aliphatic carbocycles. The summed E-state index contributed by atoms with van der Waals surface area (Å²) >= 11 is 0. The standard InChI is InChI=1S/C11H14O4/c1-3-15-11(13)10(12)8-4-6-9(14-2)7-5-8/h4-7,10,12H,3H2,1-2H3/t10-/m0/s1. The molecule has 15 heavy (non-hydrogen) atoms. The van der Waals surface area contributed by atoms with E-state index in [9.17, 15) is 9.90 Å². The van der Waals surface area contributed by atoms with Gasteiger partial charge in [0.05, 0.1) is 13.7 Å². The predicted octanol–water partition coefficient (Wildman–Crippen LogP) is 1.29. The van der Waals surface area contributed by atoms with Gasteiger partial charge in [-0.2, -0.15) is 0 Å². The highest BCUT2D eigenvalue weighted by Gasteiger charge is 2.18. The van der Waals surface area contributed by atoms with Gasteiger partial charge >= 0.3 is 5.97 Å². The second-order valence-corrected chi connectivity index (χ2v) is 2.93. The molecule has 0 spiro atoms. The molecule has 4 nitrogen and oxygen atoms in total. The van der Waals surface area contributed by atoms with E-state index in [4.69, 9.17) is 9.47 Å². The molecule has 0 aliphatic heterocycles. The van der Waals surface area contributed by atoms with Crippen LogP contribution in [0.3, 0.4) is 0 Å². The highest BCUT2D eigenvalue weighted by molar-refractivity contribution is 5.76. The Morgan fingerprint density at radius 2 is 2.00 bits per heavy atom. The number of rotatable bonds is 4. The molecule has 4 heteroatoms. The fourth-order valence-corrected chi connectivity index (χ4v) is 1.14. The summed E-state index contributed by atoms with van der Waals surface area (Å²) in [5, 5.41) is 9.57. The van der Waals surface area contributed by atoms with Crippen LogP contribution in [0.2, 0.25) is 0 Å². The number of aliphatic hydroxyl groups excluding tert-OH is 1. The first-order chi connectivity index (χ1) is 7.19. The minimum atomic E-state index is -1.23. The third-order valence-electron chi connectivity index (χ3n) is 1.94. The van der Waals surface area contributed by atoms with Crippen LogP contribution in [0, 0.1) is 0 Å². The van der Waals surface area contributed by atoms with Crippen LogP contribution in [0.15, 0.2) is 24.3 Å². The van der Waals surface area contributed by atoms with Crippen molar-refractivity contribution >= 4 is 5.97 Å². The van der Waals surface area contributed by atoms with Crippen molar-refractivity contribution in [1.29, 1.82) is 0 Å². The number of hydrogen-bond acceptors (Lipinski definition) is 4. The Hall–Kier alpha value is -1.55. The van der Waals surface area contributed by atoms with Crippen LogP contribution in [0.1, 0.15) is 18.6 Å². The van der Waals surface area contributed by atoms with E-state index in [0.29, 0.717) is 11.3 Å². The van der Waals surface area contributed by atoms with Crippen molar-refractivity contribution < 1.29 is 19.4 Å². The lowest BCUT2D eigenvalue weighted by Crippen LogP contribution is -2.15. The maximum absolute atomic E-state index is 11.2. The summed E-state index contributed by atoms with van der Waals surface area (Å²) in [5.74, 6) is 0.0393. The molecular weight excluding hydrogens is 196 g/mol. The summed E-state index contributed by atoms with van der Waals surface area (Å²) in [6.07, 6.45) is -1.23. The monoisotopic (exact) mass is 210 g/mol. The smallest absolute Gasteiger partial charge is 0.339 e. The first-order valence-electron chi connectivity index (χ1n) is 4.67. The molecule has 0 aromatic heterocycles. The van der Waals surface area contributed by atoms with E-state index in [0.717, 1.165) is 0 Å². The van der Waals surface area contributed by atoms with Crippen LogP contribution in [0.5, 0.6) is 5.75 Å². The second kappa shape index (κ2) is 5.36. The maximum Gasteiger partial charge on any atom is 0.339 e. The van der Waals surface area contributed by atoms with Crippen molar-refractivity contribution in [2.24, 2.45) is 0 Å². The van der Waals surface area contributed by atoms with Gasteiger partial charge in [-0.15, -0.1) is 0 Å². The highest BCUT2D eigenvalue weighted by Crippen LogP contribution is 2.18. The van der Waals surface area contributed by atoms with Crippen molar-refractivity contribution in [2.45, 2.75) is 13.0 Å². The topological polar surface area (TPSA) is 55.8 Å². The van der Waals surface area contributed by atoms with E-state index in [1.807, 2.05) is 0 Å². The number of carbonyl (C=O) groups excluding carboxylic acids is 1. The number of esters is 1. The van der Waals surface area contributed by atoms with Crippen molar-refractivity contribution in [2.75, 3.05) is 13.7 Å². The number of carbonyl (C=O) groups is 1. The molecule has 1 atom stereocenters. The molecule has 0 radical (unpaired) electrons. The third kappa shape index (κ3) is 2.95. The summed E-state index contributed by atoms with van der Waals surface area (Å²) in [7, 11) is 1.55. The van der Waals surface area contributed by atoms with E-state index in [1.54, 1.807) is 38.3 Å². The van der Waals surface area contributed by atoms with Gasteiger partial charge < -0.3 is 14.6 Å². The largest absolute Gasteiger partial charge is 0.497 e. The number of methoxy groups -OCH3 is 1. The molecule has 0 saturated heterocycles. The van der Waals surface area contributed by atoms with Crippen LogP contribution in [-0.2, 0) is 9.53 Å². The Bertz CT molecular complexity index is 318. The van der Waals surface area contributed by atoms with E-state index in [2.05, 4.69) is 0 Å². The van der Waals surface area contributed by atoms with Gasteiger partial charge in [0, 0.05) is 0 Å². The van der Waals surface area contributed by atoms with Crippen LogP contribution in [0.4, 0.5) is 0 Å². The molecule has 82 valence electrons. The molecule has 0 bridgehead atoms. The first-order valence-corrected chi connectivity index (χ1v) is 4.67. The molecule has 1 N–H and O–H groups in total. The van der Waals surface area contributed by atoms with Crippen LogP contribution in [-0.4, -0.2) is 24.8 Å². The zero-order chi connectivity index (χ0) is 11.3. The maximum atomic E-state index is 11.2. The van der Waals surface area contributed by atoms with Crippen molar-refractivity contribution in [1.82, 2.24) is 0 Å². The van der Waals surface area contributed by atoms with E-state index in [-0.39, 0.29) is 6.61 Å². The lowest BCUT2D eigenvalue weighted by Gasteiger charge is -2.10. The average Bonchev–Trinajstić information content (AvgIpc) is 2.28. The van der Waals surface area contributed by atoms with Gasteiger partial charge in [0.25, 0.3) is 0 Å². The highest BCUT2D eigenvalue weighted by atomic mass is 16.5. The Labute approximate surface area is 88.4 Å². The van der Waals surface area contributed by atoms with E-state index in [1.165, 1.54) is 0 Å². The van der Waals surface area contributed by atoms with Gasteiger partial charge in [0.2, 0.25) is 0 Å². The third-order valence-corrected chi connectivity index (χ3v) is 1.94. The predicted molar refractivity (Wildman–Crippen MR) is 54.6 cm³/mol. The number of benzene rings is 1. The lowest BCUT2D eigenvalue weighted by atomic mass is 10.1. The van der Waals surface area contributed by atoms with Gasteiger partial charge in [-0.1, -0.05) is 12.1 Å². The normalized spacial score (nSPS) is 11.9. The molecule has 0 fully saturated rings. The summed E-state index contributed by atoms with van der Waals surface area (Å²) in [6, 6.07) is 6.61. The van der Waals surface area contributed by atoms with Crippen molar-refractivity contribution in [3.63, 3.8) is 0 Å². The Balaban J connectivity index is 2.73. The molecule has 0 aliphatic rings. The van der Waals surface area contributed by atoms with Gasteiger partial charge in [-0.05, 0) is 24.6 Å². The average molecular weight is 210 g/mol. The van der Waals surface area contributed by atoms with Crippen LogP contribution in [0.25, 0.3) is 0 Å². The first kappa shape index (κ1) is 11.5. The van der Waals surface area contributed by atoms with Crippen molar-refractivity contribution in [3.05, 3.63) is 29.8 Å². The minimum absolute atomic E-state index is 0.256. The minimum Gasteiger partial charge on any atom is -0.497 e. The van der Waals surface area contributed by atoms with Gasteiger partial charge in [-0.25, -0.2) is 4.79 Å². The quantitative estimate of drug-likeness (QED) is 0.761. The molecule has 0 saturated carbocycles. The van der Waals surface area contributed by atoms with Crippen LogP contribution >= 0.6 is 0 Å². The SMILES string of the molecule is CCOC(=O)[C@@H](O)c1ccc(OC)cc1. The number of aliphatic hydroxyl groups is 1. The van der Waals surface area contributed by atoms with Gasteiger partial charge in [0.15, 0.2) is 6.10 Å². The molecule has 0 unspecified atom stereocenters. The molecule has 0 amide bonds. The molecular formula is C11H14O4.